The molecule has 0 aliphatic carbocycles. The fourth-order valence-corrected chi connectivity index (χ4v) is 3.82. The van der Waals surface area contributed by atoms with E-state index in [1.165, 1.54) is 22.5 Å². The van der Waals surface area contributed by atoms with Gasteiger partial charge in [0.25, 0.3) is 5.91 Å². The van der Waals surface area contributed by atoms with Crippen molar-refractivity contribution in [3.05, 3.63) is 18.2 Å². The highest BCUT2D eigenvalue weighted by atomic mass is 32.2. The quantitative estimate of drug-likeness (QED) is 0.786. The van der Waals surface area contributed by atoms with Gasteiger partial charge in [-0.25, -0.2) is 8.42 Å². The monoisotopic (exact) mass is 298 g/mol. The van der Waals surface area contributed by atoms with Crippen molar-refractivity contribution in [3.8, 4) is 5.75 Å². The molecule has 8 heteroatoms. The van der Waals surface area contributed by atoms with Crippen LogP contribution < -0.4 is 10.1 Å². The number of carbonyl (C=O) groups is 1. The van der Waals surface area contributed by atoms with Crippen LogP contribution in [-0.4, -0.2) is 49.5 Å². The zero-order valence-electron chi connectivity index (χ0n) is 10.6. The Labute approximate surface area is 116 Å². The normalized spacial score (nSPS) is 23.1. The highest BCUT2D eigenvalue weighted by Gasteiger charge is 2.32. The SMILES string of the molecule is O=C1COc2ccc(S(=O)(=O)N3CCC(O)C3)cc2N1. The predicted octanol–water partition coefficient (Wildman–Crippen LogP) is -0.227. The molecule has 1 aromatic rings. The van der Waals surface area contributed by atoms with E-state index >= 15 is 0 Å². The lowest BCUT2D eigenvalue weighted by atomic mass is 10.2. The van der Waals surface area contributed by atoms with Crippen molar-refractivity contribution in [1.29, 1.82) is 0 Å². The van der Waals surface area contributed by atoms with Crippen molar-refractivity contribution in [3.63, 3.8) is 0 Å². The van der Waals surface area contributed by atoms with Crippen LogP contribution in [0.2, 0.25) is 0 Å². The van der Waals surface area contributed by atoms with Gasteiger partial charge in [0.1, 0.15) is 5.75 Å². The second-order valence-corrected chi connectivity index (χ2v) is 6.74. The molecule has 0 radical (unpaired) electrons. The molecule has 1 fully saturated rings. The summed E-state index contributed by atoms with van der Waals surface area (Å²) < 4.78 is 31.2. The minimum atomic E-state index is -3.66. The number of rotatable bonds is 2. The van der Waals surface area contributed by atoms with Crippen LogP contribution in [0.3, 0.4) is 0 Å². The molecule has 2 aliphatic rings. The second kappa shape index (κ2) is 4.72. The molecule has 0 spiro atoms. The standard InChI is InChI=1S/C12H14N2O5S/c15-8-3-4-14(6-8)20(17,18)9-1-2-11-10(5-9)13-12(16)7-19-11/h1-2,5,8,15H,3-4,6-7H2,(H,13,16). The molecule has 2 N–H and O–H groups in total. The third kappa shape index (κ3) is 2.26. The summed E-state index contributed by atoms with van der Waals surface area (Å²) in [7, 11) is -3.66. The van der Waals surface area contributed by atoms with Gasteiger partial charge in [0.05, 0.1) is 16.7 Å². The fourth-order valence-electron chi connectivity index (χ4n) is 2.30. The minimum absolute atomic E-state index is 0.0720. The molecule has 1 saturated heterocycles. The predicted molar refractivity (Wildman–Crippen MR) is 69.9 cm³/mol. The zero-order chi connectivity index (χ0) is 14.3. The lowest BCUT2D eigenvalue weighted by Crippen LogP contribution is -2.30. The van der Waals surface area contributed by atoms with Gasteiger partial charge in [0.2, 0.25) is 10.0 Å². The molecule has 0 bridgehead atoms. The Kier molecular flexibility index (Phi) is 3.15. The number of fused-ring (bicyclic) bond motifs is 1. The number of benzene rings is 1. The number of hydrogen-bond acceptors (Lipinski definition) is 5. The first-order chi connectivity index (χ1) is 9.46. The molecular weight excluding hydrogens is 284 g/mol. The summed E-state index contributed by atoms with van der Waals surface area (Å²) in [5.74, 6) is 0.133. The van der Waals surface area contributed by atoms with E-state index in [9.17, 15) is 18.3 Å². The van der Waals surface area contributed by atoms with Gasteiger partial charge in [-0.2, -0.15) is 4.31 Å². The zero-order valence-corrected chi connectivity index (χ0v) is 11.4. The number of aliphatic hydroxyl groups excluding tert-OH is 1. The molecule has 2 aliphatic heterocycles. The van der Waals surface area contributed by atoms with Crippen LogP contribution in [0.4, 0.5) is 5.69 Å². The molecule has 1 amide bonds. The van der Waals surface area contributed by atoms with Gasteiger partial charge in [-0.15, -0.1) is 0 Å². The second-order valence-electron chi connectivity index (χ2n) is 4.80. The molecule has 1 atom stereocenters. The van der Waals surface area contributed by atoms with Gasteiger partial charge in [0, 0.05) is 13.1 Å². The first-order valence-corrected chi connectivity index (χ1v) is 7.66. The van der Waals surface area contributed by atoms with Crippen molar-refractivity contribution in [2.45, 2.75) is 17.4 Å². The molecule has 2 heterocycles. The number of carbonyl (C=O) groups excluding carboxylic acids is 1. The Hall–Kier alpha value is -1.64. The number of nitrogens with one attached hydrogen (secondary N) is 1. The summed E-state index contributed by atoms with van der Waals surface area (Å²) in [6.07, 6.45) is -0.185. The minimum Gasteiger partial charge on any atom is -0.482 e. The molecule has 108 valence electrons. The topological polar surface area (TPSA) is 95.9 Å². The summed E-state index contributed by atoms with van der Waals surface area (Å²) in [4.78, 5) is 11.3. The highest BCUT2D eigenvalue weighted by molar-refractivity contribution is 7.89. The van der Waals surface area contributed by atoms with E-state index in [1.54, 1.807) is 0 Å². The van der Waals surface area contributed by atoms with E-state index in [2.05, 4.69) is 5.32 Å². The number of amides is 1. The number of β-amino-alcohol motifs (C(OH)–C–C–N with tert-alkyl or cyclic N) is 1. The van der Waals surface area contributed by atoms with Crippen molar-refractivity contribution >= 4 is 21.6 Å². The Morgan fingerprint density at radius 3 is 2.90 bits per heavy atom. The van der Waals surface area contributed by atoms with Crippen molar-refractivity contribution in [2.75, 3.05) is 25.0 Å². The van der Waals surface area contributed by atoms with Crippen LogP contribution in [0.15, 0.2) is 23.1 Å². The molecule has 20 heavy (non-hydrogen) atoms. The van der Waals surface area contributed by atoms with Crippen molar-refractivity contribution in [1.82, 2.24) is 4.31 Å². The van der Waals surface area contributed by atoms with Gasteiger partial charge < -0.3 is 15.2 Å². The smallest absolute Gasteiger partial charge is 0.262 e. The summed E-state index contributed by atoms with van der Waals surface area (Å²) in [6.45, 7) is 0.323. The van der Waals surface area contributed by atoms with Crippen molar-refractivity contribution in [2.24, 2.45) is 0 Å². The molecule has 7 nitrogen and oxygen atoms in total. The lowest BCUT2D eigenvalue weighted by Gasteiger charge is -2.20. The first-order valence-electron chi connectivity index (χ1n) is 6.22. The van der Waals surface area contributed by atoms with Crippen LogP contribution in [0, 0.1) is 0 Å². The average molecular weight is 298 g/mol. The van der Waals surface area contributed by atoms with Gasteiger partial charge in [-0.05, 0) is 24.6 Å². The average Bonchev–Trinajstić information content (AvgIpc) is 2.85. The number of nitrogens with zero attached hydrogens (tertiary/aromatic N) is 1. The number of ether oxygens (including phenoxy) is 1. The van der Waals surface area contributed by atoms with E-state index in [-0.39, 0.29) is 24.0 Å². The van der Waals surface area contributed by atoms with Crippen LogP contribution >= 0.6 is 0 Å². The number of anilines is 1. The molecule has 1 unspecified atom stereocenters. The molecule has 3 rings (SSSR count). The molecule has 0 saturated carbocycles. The van der Waals surface area contributed by atoms with Gasteiger partial charge in [0.15, 0.2) is 6.61 Å². The molecule has 0 aromatic heterocycles. The number of aliphatic hydroxyl groups is 1. The third-order valence-electron chi connectivity index (χ3n) is 3.35. The molecular formula is C12H14N2O5S. The van der Waals surface area contributed by atoms with Crippen LogP contribution in [0.1, 0.15) is 6.42 Å². The maximum atomic E-state index is 12.4. The van der Waals surface area contributed by atoms with Crippen molar-refractivity contribution < 1.29 is 23.1 Å². The summed E-state index contributed by atoms with van der Waals surface area (Å²) in [5, 5.41) is 12.0. The van der Waals surface area contributed by atoms with Crippen LogP contribution in [-0.2, 0) is 14.8 Å². The summed E-state index contributed by atoms with van der Waals surface area (Å²) >= 11 is 0. The Morgan fingerprint density at radius 1 is 1.40 bits per heavy atom. The fraction of sp³-hybridized carbons (Fsp3) is 0.417. The lowest BCUT2D eigenvalue weighted by molar-refractivity contribution is -0.118. The number of hydrogen-bond donors (Lipinski definition) is 2. The Morgan fingerprint density at radius 2 is 2.20 bits per heavy atom. The maximum absolute atomic E-state index is 12.4. The van der Waals surface area contributed by atoms with E-state index in [4.69, 9.17) is 4.74 Å². The van der Waals surface area contributed by atoms with E-state index in [0.717, 1.165) is 0 Å². The maximum Gasteiger partial charge on any atom is 0.262 e. The molecule has 1 aromatic carbocycles. The van der Waals surface area contributed by atoms with Crippen LogP contribution in [0.25, 0.3) is 0 Å². The first kappa shape index (κ1) is 13.3. The third-order valence-corrected chi connectivity index (χ3v) is 5.21. The number of sulfonamides is 1. The Balaban J connectivity index is 1.94. The Bertz CT molecular complexity index is 658. The van der Waals surface area contributed by atoms with Gasteiger partial charge in [-0.3, -0.25) is 4.79 Å². The van der Waals surface area contributed by atoms with E-state index < -0.39 is 16.1 Å². The van der Waals surface area contributed by atoms with E-state index in [0.29, 0.717) is 24.4 Å². The highest BCUT2D eigenvalue weighted by Crippen LogP contribution is 2.31. The summed E-state index contributed by atoms with van der Waals surface area (Å²) in [6, 6.07) is 4.34. The largest absolute Gasteiger partial charge is 0.482 e. The van der Waals surface area contributed by atoms with Crippen LogP contribution in [0.5, 0.6) is 5.75 Å². The van der Waals surface area contributed by atoms with Gasteiger partial charge >= 0.3 is 0 Å². The van der Waals surface area contributed by atoms with E-state index in [1.807, 2.05) is 0 Å². The van der Waals surface area contributed by atoms with Gasteiger partial charge in [-0.1, -0.05) is 0 Å². The summed E-state index contributed by atoms with van der Waals surface area (Å²) in [5.41, 5.74) is 0.349.